The minimum atomic E-state index is -1.20. The van der Waals surface area contributed by atoms with Gasteiger partial charge in [0.2, 0.25) is 0 Å². The molecule has 4 heteroatoms. The van der Waals surface area contributed by atoms with E-state index in [-0.39, 0.29) is 29.5 Å². The average molecular weight is 289 g/mol. The molecule has 2 atom stereocenters. The Morgan fingerprint density at radius 1 is 1.38 bits per heavy atom. The number of Topliss-reactive ketones (excluding diaryl/α,β-unsaturated/α-hetero) is 3. The van der Waals surface area contributed by atoms with Gasteiger partial charge in [0.05, 0.1) is 0 Å². The van der Waals surface area contributed by atoms with Crippen LogP contribution in [0, 0.1) is 23.2 Å². The second-order valence-corrected chi connectivity index (χ2v) is 5.71. The lowest BCUT2D eigenvalue weighted by Gasteiger charge is -2.25. The van der Waals surface area contributed by atoms with Gasteiger partial charge in [-0.25, -0.2) is 0 Å². The number of allylic oxidation sites excluding steroid dienone is 4. The molecule has 1 N–H and O–H groups in total. The van der Waals surface area contributed by atoms with E-state index in [2.05, 4.69) is 0 Å². The minimum absolute atomic E-state index is 0.107. The van der Waals surface area contributed by atoms with Gasteiger partial charge in [-0.15, -0.1) is 0 Å². The summed E-state index contributed by atoms with van der Waals surface area (Å²) < 4.78 is 0. The molecule has 21 heavy (non-hydrogen) atoms. The normalized spacial score (nSPS) is 23.9. The highest BCUT2D eigenvalue weighted by molar-refractivity contribution is 6.30. The standard InChI is InChI=1S/C17H23NO3/c1-4-12-8-9-14(19)15(16(12)20)17(21)13(10-18)7-5-6-11(2)3/h5-7,10-12,15,18H,4,8-9H2,1-3H3/b6-5-,13-7+,18-10?. The summed E-state index contributed by atoms with van der Waals surface area (Å²) in [7, 11) is 0. The van der Waals surface area contributed by atoms with Crippen molar-refractivity contribution in [1.29, 1.82) is 5.41 Å². The Bertz CT molecular complexity index is 500. The van der Waals surface area contributed by atoms with Crippen LogP contribution in [0.25, 0.3) is 0 Å². The van der Waals surface area contributed by atoms with Crippen LogP contribution in [0.5, 0.6) is 0 Å². The average Bonchev–Trinajstić information content (AvgIpc) is 2.43. The maximum Gasteiger partial charge on any atom is 0.182 e. The molecule has 0 amide bonds. The highest BCUT2D eigenvalue weighted by Gasteiger charge is 2.41. The van der Waals surface area contributed by atoms with Gasteiger partial charge in [-0.1, -0.05) is 39.0 Å². The highest BCUT2D eigenvalue weighted by atomic mass is 16.2. The Balaban J connectivity index is 3.00. The zero-order chi connectivity index (χ0) is 16.0. The molecule has 114 valence electrons. The molecule has 0 aromatic rings. The van der Waals surface area contributed by atoms with Crippen LogP contribution in [-0.2, 0) is 14.4 Å². The predicted octanol–water partition coefficient (Wildman–Crippen LogP) is 2.92. The molecule has 4 nitrogen and oxygen atoms in total. The molecule has 0 aliphatic heterocycles. The molecule has 0 heterocycles. The van der Waals surface area contributed by atoms with Crippen LogP contribution in [0.15, 0.2) is 23.8 Å². The summed E-state index contributed by atoms with van der Waals surface area (Å²) in [6.07, 6.45) is 7.46. The third kappa shape index (κ3) is 4.31. The SMILES string of the molecule is CCC1CCC(=O)C(C(=O)/C(C=N)=C/C=C\C(C)C)C1=O. The first-order valence-corrected chi connectivity index (χ1v) is 7.41. The van der Waals surface area contributed by atoms with Crippen LogP contribution in [-0.4, -0.2) is 23.6 Å². The molecule has 1 aliphatic carbocycles. The Morgan fingerprint density at radius 3 is 2.57 bits per heavy atom. The van der Waals surface area contributed by atoms with E-state index in [1.165, 1.54) is 6.08 Å². The first kappa shape index (κ1) is 17.2. The van der Waals surface area contributed by atoms with E-state index in [0.717, 1.165) is 6.21 Å². The van der Waals surface area contributed by atoms with Crippen LogP contribution in [0.1, 0.15) is 40.0 Å². The molecular formula is C17H23NO3. The number of ketones is 3. The fourth-order valence-corrected chi connectivity index (χ4v) is 2.43. The second kappa shape index (κ2) is 7.81. The van der Waals surface area contributed by atoms with Crippen molar-refractivity contribution in [3.8, 4) is 0 Å². The summed E-state index contributed by atoms with van der Waals surface area (Å²) in [5, 5.41) is 7.35. The second-order valence-electron chi connectivity index (χ2n) is 5.71. The van der Waals surface area contributed by atoms with Gasteiger partial charge in [-0.3, -0.25) is 14.4 Å². The highest BCUT2D eigenvalue weighted by Crippen LogP contribution is 2.27. The molecule has 1 fully saturated rings. The lowest BCUT2D eigenvalue weighted by Crippen LogP contribution is -2.41. The lowest BCUT2D eigenvalue weighted by atomic mass is 9.75. The Morgan fingerprint density at radius 2 is 2.05 bits per heavy atom. The Hall–Kier alpha value is -1.84. The summed E-state index contributed by atoms with van der Waals surface area (Å²) in [5.74, 6) is -2.22. The van der Waals surface area contributed by atoms with Crippen molar-refractivity contribution in [3.63, 3.8) is 0 Å². The molecule has 0 spiro atoms. The number of carbonyl (C=O) groups excluding carboxylic acids is 3. The van der Waals surface area contributed by atoms with Crippen molar-refractivity contribution >= 4 is 23.6 Å². The van der Waals surface area contributed by atoms with Gasteiger partial charge >= 0.3 is 0 Å². The number of carbonyl (C=O) groups is 3. The van der Waals surface area contributed by atoms with Crippen molar-refractivity contribution < 1.29 is 14.4 Å². The minimum Gasteiger partial charge on any atom is -0.308 e. The van der Waals surface area contributed by atoms with Crippen molar-refractivity contribution in [2.24, 2.45) is 17.8 Å². The first-order valence-electron chi connectivity index (χ1n) is 7.41. The summed E-state index contributed by atoms with van der Waals surface area (Å²) in [6, 6.07) is 0. The number of nitrogens with one attached hydrogen (secondary N) is 1. The van der Waals surface area contributed by atoms with Gasteiger partial charge in [0.25, 0.3) is 0 Å². The molecule has 1 saturated carbocycles. The zero-order valence-corrected chi connectivity index (χ0v) is 12.9. The van der Waals surface area contributed by atoms with E-state index in [9.17, 15) is 14.4 Å². The van der Waals surface area contributed by atoms with Gasteiger partial charge in [-0.05, 0) is 18.8 Å². The summed E-state index contributed by atoms with van der Waals surface area (Å²) in [4.78, 5) is 36.6. The summed E-state index contributed by atoms with van der Waals surface area (Å²) >= 11 is 0. The molecule has 0 radical (unpaired) electrons. The van der Waals surface area contributed by atoms with Gasteiger partial charge in [-0.2, -0.15) is 0 Å². The van der Waals surface area contributed by atoms with E-state index in [1.54, 1.807) is 6.08 Å². The van der Waals surface area contributed by atoms with Gasteiger partial charge in [0.1, 0.15) is 5.92 Å². The molecule has 0 aromatic carbocycles. The molecular weight excluding hydrogens is 266 g/mol. The molecule has 1 aliphatic rings. The number of hydrogen-bond donors (Lipinski definition) is 1. The van der Waals surface area contributed by atoms with E-state index >= 15 is 0 Å². The number of rotatable bonds is 6. The van der Waals surface area contributed by atoms with Gasteiger partial charge in [0.15, 0.2) is 17.3 Å². The quantitative estimate of drug-likeness (QED) is 0.353. The Kier molecular flexibility index (Phi) is 6.40. The first-order chi connectivity index (χ1) is 9.92. The van der Waals surface area contributed by atoms with Crippen molar-refractivity contribution in [2.45, 2.75) is 40.0 Å². The molecule has 2 unspecified atom stereocenters. The van der Waals surface area contributed by atoms with Crippen LogP contribution >= 0.6 is 0 Å². The van der Waals surface area contributed by atoms with Crippen LogP contribution < -0.4 is 0 Å². The third-order valence-corrected chi connectivity index (χ3v) is 3.71. The monoisotopic (exact) mass is 289 g/mol. The van der Waals surface area contributed by atoms with Gasteiger partial charge < -0.3 is 5.41 Å². The fraction of sp³-hybridized carbons (Fsp3) is 0.529. The molecule has 0 aromatic heterocycles. The third-order valence-electron chi connectivity index (χ3n) is 3.71. The lowest BCUT2D eigenvalue weighted by molar-refractivity contribution is -0.143. The van der Waals surface area contributed by atoms with Crippen molar-refractivity contribution in [1.82, 2.24) is 0 Å². The largest absolute Gasteiger partial charge is 0.308 e. The molecule has 0 bridgehead atoms. The fourth-order valence-electron chi connectivity index (χ4n) is 2.43. The zero-order valence-electron chi connectivity index (χ0n) is 12.9. The van der Waals surface area contributed by atoms with Crippen LogP contribution in [0.3, 0.4) is 0 Å². The number of hydrogen-bond acceptors (Lipinski definition) is 4. The van der Waals surface area contributed by atoms with E-state index < -0.39 is 11.7 Å². The topological polar surface area (TPSA) is 75.1 Å². The van der Waals surface area contributed by atoms with Crippen LogP contribution in [0.2, 0.25) is 0 Å². The van der Waals surface area contributed by atoms with Crippen LogP contribution in [0.4, 0.5) is 0 Å². The maximum absolute atomic E-state index is 12.4. The summed E-state index contributed by atoms with van der Waals surface area (Å²) in [6.45, 7) is 5.88. The van der Waals surface area contributed by atoms with E-state index in [0.29, 0.717) is 18.8 Å². The van der Waals surface area contributed by atoms with Crippen molar-refractivity contribution in [2.75, 3.05) is 0 Å². The smallest absolute Gasteiger partial charge is 0.182 e. The molecule has 1 rings (SSSR count). The predicted molar refractivity (Wildman–Crippen MR) is 82.4 cm³/mol. The Labute approximate surface area is 125 Å². The summed E-state index contributed by atoms with van der Waals surface area (Å²) in [5.41, 5.74) is 0.107. The maximum atomic E-state index is 12.4. The van der Waals surface area contributed by atoms with E-state index in [4.69, 9.17) is 5.41 Å². The molecule has 0 saturated heterocycles. The van der Waals surface area contributed by atoms with Crippen molar-refractivity contribution in [3.05, 3.63) is 23.8 Å². The van der Waals surface area contributed by atoms with Gasteiger partial charge in [0, 0.05) is 24.1 Å². The van der Waals surface area contributed by atoms with E-state index in [1.807, 2.05) is 26.8 Å².